The fraction of sp³-hybridized carbons (Fsp3) is 0.500. The van der Waals surface area contributed by atoms with Crippen molar-refractivity contribution >= 4 is 5.97 Å². The highest BCUT2D eigenvalue weighted by atomic mass is 16.5. The number of rotatable bonds is 13. The number of hydrogen-bond donors (Lipinski definition) is 0. The van der Waals surface area contributed by atoms with Gasteiger partial charge in [-0.15, -0.1) is 0 Å². The molecule has 0 heterocycles. The molecule has 0 aromatic heterocycles. The third-order valence-electron chi connectivity index (χ3n) is 8.18. The molecule has 0 radical (unpaired) electrons. The van der Waals surface area contributed by atoms with Gasteiger partial charge in [0, 0.05) is 6.42 Å². The van der Waals surface area contributed by atoms with Crippen LogP contribution in [-0.4, -0.2) is 19.2 Å². The molecule has 0 bridgehead atoms. The molecule has 0 spiro atoms. The molecular formula is C38H52O3. The molecule has 41 heavy (non-hydrogen) atoms. The van der Waals surface area contributed by atoms with Crippen LogP contribution in [0.2, 0.25) is 0 Å². The molecule has 1 aliphatic carbocycles. The smallest absolute Gasteiger partial charge is 0.305 e. The number of esters is 1. The minimum absolute atomic E-state index is 0.102. The van der Waals surface area contributed by atoms with E-state index in [4.69, 9.17) is 9.47 Å². The molecule has 3 heteroatoms. The topological polar surface area (TPSA) is 35.5 Å². The van der Waals surface area contributed by atoms with E-state index in [0.717, 1.165) is 49.9 Å². The van der Waals surface area contributed by atoms with Crippen molar-refractivity contribution in [2.24, 2.45) is 5.92 Å². The molecule has 1 aliphatic rings. The van der Waals surface area contributed by atoms with Gasteiger partial charge in [-0.25, -0.2) is 0 Å². The fourth-order valence-corrected chi connectivity index (χ4v) is 5.50. The Morgan fingerprint density at radius 1 is 0.780 bits per heavy atom. The predicted molar refractivity (Wildman–Crippen MR) is 173 cm³/mol. The second-order valence-electron chi connectivity index (χ2n) is 11.6. The number of benzene rings is 3. The van der Waals surface area contributed by atoms with Crippen molar-refractivity contribution in [2.45, 2.75) is 104 Å². The molecule has 1 saturated carbocycles. The number of carbonyl (C=O) groups is 1. The van der Waals surface area contributed by atoms with E-state index in [1.54, 1.807) is 0 Å². The number of aryl methyl sites for hydroxylation is 2. The quantitative estimate of drug-likeness (QED) is 0.155. The number of carbonyl (C=O) groups excluding carboxylic acids is 1. The highest BCUT2D eigenvalue weighted by Crippen LogP contribution is 2.36. The van der Waals surface area contributed by atoms with Crippen molar-refractivity contribution in [3.8, 4) is 16.9 Å². The van der Waals surface area contributed by atoms with E-state index in [1.807, 2.05) is 6.92 Å². The SMILES string of the molecule is CCC(=O)OCCCCCCOc1ccc(C2CCC(C)CC2)cc1.CCCc1ccc(-c2ccccc2C)cc1. The predicted octanol–water partition coefficient (Wildman–Crippen LogP) is 10.5. The first kappa shape index (κ1) is 32.4. The van der Waals surface area contributed by atoms with Gasteiger partial charge in [0.1, 0.15) is 5.75 Å². The molecule has 0 atom stereocenters. The number of unbranched alkanes of at least 4 members (excludes halogenated alkanes) is 3. The Bertz CT molecular complexity index is 1120. The van der Waals surface area contributed by atoms with Gasteiger partial charge in [-0.3, -0.25) is 4.79 Å². The summed E-state index contributed by atoms with van der Waals surface area (Å²) in [5, 5.41) is 0. The van der Waals surface area contributed by atoms with Crippen LogP contribution in [0, 0.1) is 12.8 Å². The highest BCUT2D eigenvalue weighted by Gasteiger charge is 2.19. The fourth-order valence-electron chi connectivity index (χ4n) is 5.50. The van der Waals surface area contributed by atoms with E-state index in [1.165, 1.54) is 66.3 Å². The summed E-state index contributed by atoms with van der Waals surface area (Å²) in [5.74, 6) is 2.52. The van der Waals surface area contributed by atoms with Crippen molar-refractivity contribution < 1.29 is 14.3 Å². The summed E-state index contributed by atoms with van der Waals surface area (Å²) in [5.41, 5.74) is 6.90. The Morgan fingerprint density at radius 2 is 1.44 bits per heavy atom. The molecule has 1 fully saturated rings. The van der Waals surface area contributed by atoms with Gasteiger partial charge in [-0.1, -0.05) is 101 Å². The Labute approximate surface area is 249 Å². The van der Waals surface area contributed by atoms with Gasteiger partial charge < -0.3 is 9.47 Å². The second-order valence-corrected chi connectivity index (χ2v) is 11.6. The average Bonchev–Trinajstić information content (AvgIpc) is 3.00. The largest absolute Gasteiger partial charge is 0.494 e. The van der Waals surface area contributed by atoms with Crippen molar-refractivity contribution in [1.29, 1.82) is 0 Å². The van der Waals surface area contributed by atoms with Crippen LogP contribution in [0.25, 0.3) is 11.1 Å². The maximum absolute atomic E-state index is 11.0. The summed E-state index contributed by atoms with van der Waals surface area (Å²) in [6, 6.07) is 26.2. The highest BCUT2D eigenvalue weighted by molar-refractivity contribution is 5.68. The normalized spacial score (nSPS) is 16.4. The first-order valence-electron chi connectivity index (χ1n) is 16.0. The lowest BCUT2D eigenvalue weighted by Crippen LogP contribution is -2.10. The van der Waals surface area contributed by atoms with Crippen LogP contribution in [-0.2, 0) is 16.0 Å². The molecule has 222 valence electrons. The van der Waals surface area contributed by atoms with Crippen molar-refractivity contribution in [1.82, 2.24) is 0 Å². The lowest BCUT2D eigenvalue weighted by atomic mass is 9.79. The Morgan fingerprint density at radius 3 is 2.07 bits per heavy atom. The van der Waals surface area contributed by atoms with Crippen molar-refractivity contribution in [3.63, 3.8) is 0 Å². The third-order valence-corrected chi connectivity index (χ3v) is 8.18. The van der Waals surface area contributed by atoms with Crippen LogP contribution in [0.5, 0.6) is 5.75 Å². The number of ether oxygens (including phenoxy) is 2. The summed E-state index contributed by atoms with van der Waals surface area (Å²) in [6.45, 7) is 9.88. The molecule has 0 saturated heterocycles. The summed E-state index contributed by atoms with van der Waals surface area (Å²) in [7, 11) is 0. The van der Waals surface area contributed by atoms with Gasteiger partial charge in [0.05, 0.1) is 13.2 Å². The zero-order valence-corrected chi connectivity index (χ0v) is 26.0. The molecule has 0 amide bonds. The second kappa shape index (κ2) is 18.4. The monoisotopic (exact) mass is 556 g/mol. The maximum Gasteiger partial charge on any atom is 0.305 e. The zero-order valence-electron chi connectivity index (χ0n) is 26.0. The summed E-state index contributed by atoms with van der Waals surface area (Å²) >= 11 is 0. The Balaban J connectivity index is 0.000000248. The lowest BCUT2D eigenvalue weighted by molar-refractivity contribution is -0.143. The van der Waals surface area contributed by atoms with Gasteiger partial charge in [-0.05, 0) is 104 Å². The van der Waals surface area contributed by atoms with Gasteiger partial charge in [0.2, 0.25) is 0 Å². The van der Waals surface area contributed by atoms with E-state index < -0.39 is 0 Å². The first-order valence-corrected chi connectivity index (χ1v) is 16.0. The Kier molecular flexibility index (Phi) is 14.5. The van der Waals surface area contributed by atoms with Gasteiger partial charge in [0.15, 0.2) is 0 Å². The first-order chi connectivity index (χ1) is 20.0. The minimum Gasteiger partial charge on any atom is -0.494 e. The third kappa shape index (κ3) is 11.7. The molecule has 3 aromatic carbocycles. The van der Waals surface area contributed by atoms with Crippen LogP contribution in [0.4, 0.5) is 0 Å². The molecule has 3 nitrogen and oxygen atoms in total. The van der Waals surface area contributed by atoms with E-state index in [9.17, 15) is 4.79 Å². The lowest BCUT2D eigenvalue weighted by Gasteiger charge is -2.26. The zero-order chi connectivity index (χ0) is 29.3. The summed E-state index contributed by atoms with van der Waals surface area (Å²) < 4.78 is 10.9. The van der Waals surface area contributed by atoms with Crippen LogP contribution < -0.4 is 4.74 Å². The minimum atomic E-state index is -0.102. The van der Waals surface area contributed by atoms with E-state index in [0.29, 0.717) is 13.0 Å². The van der Waals surface area contributed by atoms with Crippen LogP contribution >= 0.6 is 0 Å². The summed E-state index contributed by atoms with van der Waals surface area (Å²) in [6.07, 6.45) is 12.4. The van der Waals surface area contributed by atoms with E-state index in [2.05, 4.69) is 93.6 Å². The molecule has 0 N–H and O–H groups in total. The number of hydrogen-bond acceptors (Lipinski definition) is 3. The van der Waals surface area contributed by atoms with Crippen molar-refractivity contribution in [3.05, 3.63) is 89.5 Å². The Hall–Kier alpha value is -3.07. The average molecular weight is 557 g/mol. The van der Waals surface area contributed by atoms with Gasteiger partial charge in [0.25, 0.3) is 0 Å². The van der Waals surface area contributed by atoms with Crippen LogP contribution in [0.15, 0.2) is 72.8 Å². The molecule has 4 rings (SSSR count). The standard InChI is InChI=1S/C22H34O3.C16H18/c1-3-22(23)25-17-7-5-4-6-16-24-21-14-12-20(13-15-21)19-10-8-18(2)9-11-19;1-3-6-14-9-11-15(12-10-14)16-8-5-4-7-13(16)2/h12-15,18-19H,3-11,16-17H2,1-2H3;4-5,7-12H,3,6H2,1-2H3. The molecule has 3 aromatic rings. The van der Waals surface area contributed by atoms with Gasteiger partial charge in [-0.2, -0.15) is 0 Å². The van der Waals surface area contributed by atoms with Crippen LogP contribution in [0.3, 0.4) is 0 Å². The van der Waals surface area contributed by atoms with Crippen molar-refractivity contribution in [2.75, 3.05) is 13.2 Å². The summed E-state index contributed by atoms with van der Waals surface area (Å²) in [4.78, 5) is 11.0. The van der Waals surface area contributed by atoms with E-state index in [-0.39, 0.29) is 5.97 Å². The molecule has 0 aliphatic heterocycles. The molecular weight excluding hydrogens is 504 g/mol. The molecule has 0 unspecified atom stereocenters. The van der Waals surface area contributed by atoms with Crippen LogP contribution in [0.1, 0.15) is 108 Å². The van der Waals surface area contributed by atoms with Gasteiger partial charge >= 0.3 is 5.97 Å². The maximum atomic E-state index is 11.0. The van der Waals surface area contributed by atoms with E-state index >= 15 is 0 Å².